The molecule has 0 saturated carbocycles. The van der Waals surface area contributed by atoms with Gasteiger partial charge in [0.25, 0.3) is 5.88 Å². The molecule has 2 heterocycles. The number of para-hydroxylation sites is 1. The van der Waals surface area contributed by atoms with E-state index in [2.05, 4.69) is 10.3 Å². The minimum atomic E-state index is -0.766. The van der Waals surface area contributed by atoms with Crippen molar-refractivity contribution < 1.29 is 27.6 Å². The van der Waals surface area contributed by atoms with Crippen LogP contribution in [0.15, 0.2) is 41.1 Å². The first-order chi connectivity index (χ1) is 11.6. The smallest absolute Gasteiger partial charge is 0.377 e. The van der Waals surface area contributed by atoms with Gasteiger partial charge < -0.3 is 14.0 Å². The number of benzene rings is 1. The molecule has 124 valence electrons. The summed E-state index contributed by atoms with van der Waals surface area (Å²) < 4.78 is 42.9. The number of ether oxygens (including phenoxy) is 2. The van der Waals surface area contributed by atoms with Crippen LogP contribution in [0.4, 0.5) is 8.78 Å². The number of aromatic nitrogens is 3. The van der Waals surface area contributed by atoms with Gasteiger partial charge in [-0.15, -0.1) is 0 Å². The van der Waals surface area contributed by atoms with E-state index in [9.17, 15) is 13.6 Å². The van der Waals surface area contributed by atoms with Crippen LogP contribution in [0.3, 0.4) is 0 Å². The van der Waals surface area contributed by atoms with Crippen LogP contribution in [0.5, 0.6) is 5.88 Å². The molecular formula is C15H11F2N3O4. The highest BCUT2D eigenvalue weighted by atomic mass is 19.1. The van der Waals surface area contributed by atoms with Crippen LogP contribution in [0.25, 0.3) is 5.69 Å². The number of halogens is 2. The van der Waals surface area contributed by atoms with E-state index in [-0.39, 0.29) is 23.9 Å². The Morgan fingerprint density at radius 3 is 2.71 bits per heavy atom. The lowest BCUT2D eigenvalue weighted by atomic mass is 10.3. The first kappa shape index (κ1) is 15.7. The fraction of sp³-hybridized carbons (Fsp3) is 0.133. The molecule has 0 fully saturated rings. The van der Waals surface area contributed by atoms with Gasteiger partial charge in [-0.25, -0.2) is 18.3 Å². The number of nitrogens with zero attached hydrogens (tertiary/aromatic N) is 3. The molecule has 0 aliphatic heterocycles. The van der Waals surface area contributed by atoms with Crippen LogP contribution in [-0.2, 0) is 11.3 Å². The molecule has 7 nitrogen and oxygen atoms in total. The van der Waals surface area contributed by atoms with E-state index in [0.717, 1.165) is 16.8 Å². The molecule has 0 N–H and O–H groups in total. The van der Waals surface area contributed by atoms with E-state index in [0.29, 0.717) is 5.69 Å². The third kappa shape index (κ3) is 3.09. The molecule has 0 radical (unpaired) electrons. The molecular weight excluding hydrogens is 324 g/mol. The first-order valence-electron chi connectivity index (χ1n) is 6.75. The molecule has 0 saturated heterocycles. The molecule has 3 rings (SSSR count). The summed E-state index contributed by atoms with van der Waals surface area (Å²) in [5.41, 5.74) is -0.00692. The minimum absolute atomic E-state index is 0.133. The van der Waals surface area contributed by atoms with Gasteiger partial charge in [-0.3, -0.25) is 0 Å². The van der Waals surface area contributed by atoms with Crippen molar-refractivity contribution in [1.82, 2.24) is 14.9 Å². The average Bonchev–Trinajstić information content (AvgIpc) is 3.22. The Bertz CT molecular complexity index is 855. The number of rotatable bonds is 5. The second kappa shape index (κ2) is 6.49. The molecule has 2 aromatic heterocycles. The van der Waals surface area contributed by atoms with Gasteiger partial charge >= 0.3 is 5.97 Å². The third-order valence-corrected chi connectivity index (χ3v) is 3.06. The van der Waals surface area contributed by atoms with Gasteiger partial charge in [0.2, 0.25) is 5.76 Å². The van der Waals surface area contributed by atoms with Gasteiger partial charge in [0.1, 0.15) is 18.0 Å². The highest BCUT2D eigenvalue weighted by Gasteiger charge is 2.16. The zero-order chi connectivity index (χ0) is 17.1. The Morgan fingerprint density at radius 1 is 1.29 bits per heavy atom. The summed E-state index contributed by atoms with van der Waals surface area (Å²) >= 11 is 0. The van der Waals surface area contributed by atoms with E-state index >= 15 is 0 Å². The van der Waals surface area contributed by atoms with E-state index in [1.165, 1.54) is 31.5 Å². The lowest BCUT2D eigenvalue weighted by molar-refractivity contribution is 0.0420. The standard InChI is InChI=1S/C15H11F2N3O4/c1-22-13-7-12(24-19-13)15(21)23-8-9-5-6-20(18-9)14-10(16)3-2-4-11(14)17/h2-7H,8H2,1H3. The fourth-order valence-corrected chi connectivity index (χ4v) is 1.93. The maximum absolute atomic E-state index is 13.7. The third-order valence-electron chi connectivity index (χ3n) is 3.06. The number of esters is 1. The number of carbonyl (C=O) groups excluding carboxylic acids is 1. The summed E-state index contributed by atoms with van der Waals surface area (Å²) in [6.07, 6.45) is 1.36. The van der Waals surface area contributed by atoms with Gasteiger partial charge in [-0.2, -0.15) is 5.10 Å². The topological polar surface area (TPSA) is 79.4 Å². The van der Waals surface area contributed by atoms with Crippen molar-refractivity contribution in [2.45, 2.75) is 6.61 Å². The van der Waals surface area contributed by atoms with Gasteiger partial charge in [-0.05, 0) is 23.4 Å². The van der Waals surface area contributed by atoms with Crippen molar-refractivity contribution in [2.75, 3.05) is 7.11 Å². The van der Waals surface area contributed by atoms with E-state index in [1.807, 2.05) is 0 Å². The molecule has 0 amide bonds. The molecule has 0 unspecified atom stereocenters. The van der Waals surface area contributed by atoms with E-state index in [4.69, 9.17) is 14.0 Å². The van der Waals surface area contributed by atoms with Gasteiger partial charge in [0, 0.05) is 6.20 Å². The number of carbonyl (C=O) groups is 1. The molecule has 24 heavy (non-hydrogen) atoms. The SMILES string of the molecule is COc1cc(C(=O)OCc2ccn(-c3c(F)cccc3F)n2)on1. The zero-order valence-corrected chi connectivity index (χ0v) is 12.4. The van der Waals surface area contributed by atoms with Crippen LogP contribution in [0.1, 0.15) is 16.2 Å². The zero-order valence-electron chi connectivity index (χ0n) is 12.4. The molecule has 3 aromatic rings. The normalized spacial score (nSPS) is 10.6. The monoisotopic (exact) mass is 335 g/mol. The molecule has 1 aromatic carbocycles. The largest absolute Gasteiger partial charge is 0.479 e. The second-order valence-electron chi connectivity index (χ2n) is 4.63. The van der Waals surface area contributed by atoms with Crippen molar-refractivity contribution >= 4 is 5.97 Å². The Labute approximate surface area is 134 Å². The maximum Gasteiger partial charge on any atom is 0.377 e. The molecule has 0 aliphatic carbocycles. The maximum atomic E-state index is 13.7. The van der Waals surface area contributed by atoms with Gasteiger partial charge in [0.15, 0.2) is 11.6 Å². The Hall–Kier alpha value is -3.23. The predicted octanol–water partition coefficient (Wildman–Crippen LogP) is 2.50. The van der Waals surface area contributed by atoms with Crippen LogP contribution < -0.4 is 4.74 Å². The fourth-order valence-electron chi connectivity index (χ4n) is 1.93. The summed E-state index contributed by atoms with van der Waals surface area (Å²) in [7, 11) is 1.38. The number of hydrogen-bond donors (Lipinski definition) is 0. The first-order valence-corrected chi connectivity index (χ1v) is 6.75. The summed E-state index contributed by atoms with van der Waals surface area (Å²) in [5, 5.41) is 7.45. The molecule has 9 heteroatoms. The molecule has 0 atom stereocenters. The lowest BCUT2D eigenvalue weighted by Gasteiger charge is -2.04. The van der Waals surface area contributed by atoms with Crippen molar-refractivity contribution in [2.24, 2.45) is 0 Å². The second-order valence-corrected chi connectivity index (χ2v) is 4.63. The molecule has 0 bridgehead atoms. The number of hydrogen-bond acceptors (Lipinski definition) is 6. The lowest BCUT2D eigenvalue weighted by Crippen LogP contribution is -2.06. The highest BCUT2D eigenvalue weighted by Crippen LogP contribution is 2.17. The number of methoxy groups -OCH3 is 1. The van der Waals surface area contributed by atoms with E-state index < -0.39 is 17.6 Å². The Morgan fingerprint density at radius 2 is 2.04 bits per heavy atom. The Balaban J connectivity index is 1.69. The van der Waals surface area contributed by atoms with Crippen LogP contribution in [0.2, 0.25) is 0 Å². The van der Waals surface area contributed by atoms with Crippen LogP contribution >= 0.6 is 0 Å². The van der Waals surface area contributed by atoms with Crippen molar-refractivity contribution in [3.63, 3.8) is 0 Å². The predicted molar refractivity (Wildman–Crippen MR) is 75.7 cm³/mol. The molecule has 0 aliphatic rings. The highest BCUT2D eigenvalue weighted by molar-refractivity contribution is 5.86. The van der Waals surface area contributed by atoms with Crippen molar-refractivity contribution in [3.05, 3.63) is 59.6 Å². The minimum Gasteiger partial charge on any atom is -0.479 e. The van der Waals surface area contributed by atoms with E-state index in [1.54, 1.807) is 0 Å². The molecule has 0 spiro atoms. The van der Waals surface area contributed by atoms with Crippen LogP contribution in [0, 0.1) is 11.6 Å². The van der Waals surface area contributed by atoms with Crippen molar-refractivity contribution in [1.29, 1.82) is 0 Å². The summed E-state index contributed by atoms with van der Waals surface area (Å²) in [5.74, 6) is -2.27. The quantitative estimate of drug-likeness (QED) is 0.667. The van der Waals surface area contributed by atoms with Crippen LogP contribution in [-0.4, -0.2) is 28.0 Å². The van der Waals surface area contributed by atoms with Crippen molar-refractivity contribution in [3.8, 4) is 11.6 Å². The van der Waals surface area contributed by atoms with Gasteiger partial charge in [-0.1, -0.05) is 6.07 Å². The summed E-state index contributed by atoms with van der Waals surface area (Å²) in [4.78, 5) is 11.8. The summed E-state index contributed by atoms with van der Waals surface area (Å²) in [6, 6.07) is 6.25. The van der Waals surface area contributed by atoms with Gasteiger partial charge in [0.05, 0.1) is 13.2 Å². The summed E-state index contributed by atoms with van der Waals surface area (Å²) in [6.45, 7) is -0.203. The Kier molecular flexibility index (Phi) is 4.23. The average molecular weight is 335 g/mol.